The van der Waals surface area contributed by atoms with Crippen molar-refractivity contribution in [3.8, 4) is 0 Å². The Morgan fingerprint density at radius 1 is 1.21 bits per heavy atom. The average molecular weight is 189 g/mol. The summed E-state index contributed by atoms with van der Waals surface area (Å²) in [6, 6.07) is 6.14. The molecule has 3 heterocycles. The lowest BCUT2D eigenvalue weighted by Gasteiger charge is -2.17. The Hall–Kier alpha value is -1.09. The van der Waals surface area contributed by atoms with Gasteiger partial charge in [-0.25, -0.2) is 4.98 Å². The molecule has 2 aliphatic rings. The van der Waals surface area contributed by atoms with Gasteiger partial charge in [-0.15, -0.1) is 0 Å². The molecular formula is C11H15N3. The molecule has 0 saturated carbocycles. The first kappa shape index (κ1) is 8.24. The highest BCUT2D eigenvalue weighted by atomic mass is 15.2. The van der Waals surface area contributed by atoms with Crippen LogP contribution in [-0.2, 0) is 0 Å². The Labute approximate surface area is 84.1 Å². The smallest absolute Gasteiger partial charge is 0.128 e. The molecule has 0 aromatic carbocycles. The van der Waals surface area contributed by atoms with Gasteiger partial charge in [0, 0.05) is 32.4 Å². The fraction of sp³-hybridized carbons (Fsp3) is 0.545. The van der Waals surface area contributed by atoms with Crippen LogP contribution >= 0.6 is 0 Å². The van der Waals surface area contributed by atoms with Gasteiger partial charge >= 0.3 is 0 Å². The van der Waals surface area contributed by atoms with Gasteiger partial charge in [0.2, 0.25) is 0 Å². The highest BCUT2D eigenvalue weighted by Gasteiger charge is 2.36. The zero-order chi connectivity index (χ0) is 9.38. The van der Waals surface area contributed by atoms with Crippen LogP contribution in [0.4, 0.5) is 5.82 Å². The summed E-state index contributed by atoms with van der Waals surface area (Å²) in [5.41, 5.74) is 0. The van der Waals surface area contributed by atoms with Crippen LogP contribution in [0.2, 0.25) is 0 Å². The molecule has 2 aliphatic heterocycles. The number of rotatable bonds is 1. The van der Waals surface area contributed by atoms with Crippen molar-refractivity contribution in [1.82, 2.24) is 10.3 Å². The number of fused-ring (bicyclic) bond motifs is 1. The summed E-state index contributed by atoms with van der Waals surface area (Å²) in [5.74, 6) is 2.83. The molecule has 3 heteroatoms. The molecule has 3 rings (SSSR count). The maximum Gasteiger partial charge on any atom is 0.128 e. The van der Waals surface area contributed by atoms with Crippen LogP contribution in [0.15, 0.2) is 24.4 Å². The van der Waals surface area contributed by atoms with Crippen molar-refractivity contribution in [2.75, 3.05) is 31.1 Å². The van der Waals surface area contributed by atoms with E-state index >= 15 is 0 Å². The van der Waals surface area contributed by atoms with Gasteiger partial charge in [-0.05, 0) is 24.0 Å². The minimum atomic E-state index is 0.844. The van der Waals surface area contributed by atoms with Crippen LogP contribution in [0.3, 0.4) is 0 Å². The van der Waals surface area contributed by atoms with E-state index in [-0.39, 0.29) is 0 Å². The predicted molar refractivity (Wildman–Crippen MR) is 56.3 cm³/mol. The van der Waals surface area contributed by atoms with Crippen molar-refractivity contribution in [3.63, 3.8) is 0 Å². The maximum absolute atomic E-state index is 4.39. The van der Waals surface area contributed by atoms with E-state index in [1.807, 2.05) is 12.3 Å². The summed E-state index contributed by atoms with van der Waals surface area (Å²) < 4.78 is 0. The first-order chi connectivity index (χ1) is 6.93. The molecule has 1 aromatic heterocycles. The Kier molecular flexibility index (Phi) is 1.91. The molecule has 3 nitrogen and oxygen atoms in total. The summed E-state index contributed by atoms with van der Waals surface area (Å²) >= 11 is 0. The molecule has 2 atom stereocenters. The summed E-state index contributed by atoms with van der Waals surface area (Å²) in [6.07, 6.45) is 1.88. The van der Waals surface area contributed by atoms with Crippen LogP contribution in [0.25, 0.3) is 0 Å². The van der Waals surface area contributed by atoms with Crippen LogP contribution in [0.1, 0.15) is 0 Å². The fourth-order valence-corrected chi connectivity index (χ4v) is 2.58. The van der Waals surface area contributed by atoms with Gasteiger partial charge in [-0.3, -0.25) is 0 Å². The zero-order valence-corrected chi connectivity index (χ0v) is 8.19. The molecule has 2 fully saturated rings. The lowest BCUT2D eigenvalue weighted by atomic mass is 10.0. The third-order valence-electron chi connectivity index (χ3n) is 3.36. The number of pyridine rings is 1. The number of nitrogens with one attached hydrogen (secondary N) is 1. The number of nitrogens with zero attached hydrogens (tertiary/aromatic N) is 2. The lowest BCUT2D eigenvalue weighted by Crippen LogP contribution is -2.25. The Balaban J connectivity index is 1.77. The molecule has 0 spiro atoms. The van der Waals surface area contributed by atoms with Gasteiger partial charge in [0.25, 0.3) is 0 Å². The van der Waals surface area contributed by atoms with E-state index in [1.165, 1.54) is 26.2 Å². The van der Waals surface area contributed by atoms with Crippen LogP contribution < -0.4 is 10.2 Å². The molecule has 1 unspecified atom stereocenters. The third kappa shape index (κ3) is 1.28. The van der Waals surface area contributed by atoms with Gasteiger partial charge in [-0.2, -0.15) is 0 Å². The van der Waals surface area contributed by atoms with Crippen molar-refractivity contribution >= 4 is 5.82 Å². The van der Waals surface area contributed by atoms with Crippen molar-refractivity contribution in [1.29, 1.82) is 0 Å². The number of aromatic nitrogens is 1. The Morgan fingerprint density at radius 3 is 2.64 bits per heavy atom. The van der Waals surface area contributed by atoms with E-state index in [4.69, 9.17) is 0 Å². The second-order valence-corrected chi connectivity index (χ2v) is 4.27. The van der Waals surface area contributed by atoms with E-state index in [1.54, 1.807) is 0 Å². The molecule has 74 valence electrons. The molecular weight excluding hydrogens is 174 g/mol. The quantitative estimate of drug-likeness (QED) is 0.706. The van der Waals surface area contributed by atoms with Crippen molar-refractivity contribution < 1.29 is 0 Å². The summed E-state index contributed by atoms with van der Waals surface area (Å²) in [5, 5.41) is 3.45. The number of hydrogen-bond donors (Lipinski definition) is 1. The SMILES string of the molecule is c1ccc(N2CC3CNC[C@H]3C2)nc1. The molecule has 0 amide bonds. The normalized spacial score (nSPS) is 30.7. The van der Waals surface area contributed by atoms with Crippen LogP contribution in [-0.4, -0.2) is 31.2 Å². The van der Waals surface area contributed by atoms with E-state index in [9.17, 15) is 0 Å². The summed E-state index contributed by atoms with van der Waals surface area (Å²) in [4.78, 5) is 6.81. The van der Waals surface area contributed by atoms with Crippen molar-refractivity contribution in [2.24, 2.45) is 11.8 Å². The Morgan fingerprint density at radius 2 is 2.00 bits per heavy atom. The minimum Gasteiger partial charge on any atom is -0.356 e. The molecule has 1 aromatic rings. The lowest BCUT2D eigenvalue weighted by molar-refractivity contribution is 0.533. The minimum absolute atomic E-state index is 0.844. The first-order valence-electron chi connectivity index (χ1n) is 5.30. The molecule has 1 N–H and O–H groups in total. The second kappa shape index (κ2) is 3.24. The highest BCUT2D eigenvalue weighted by Crippen LogP contribution is 2.28. The predicted octanol–water partition coefficient (Wildman–Crippen LogP) is 0.737. The third-order valence-corrected chi connectivity index (χ3v) is 3.36. The number of hydrogen-bond acceptors (Lipinski definition) is 3. The molecule has 14 heavy (non-hydrogen) atoms. The zero-order valence-electron chi connectivity index (χ0n) is 8.19. The van der Waals surface area contributed by atoms with E-state index in [0.29, 0.717) is 0 Å². The Bertz CT molecular complexity index is 300. The molecule has 0 radical (unpaired) electrons. The average Bonchev–Trinajstić information content (AvgIpc) is 2.78. The van der Waals surface area contributed by atoms with Crippen LogP contribution in [0, 0.1) is 11.8 Å². The second-order valence-electron chi connectivity index (χ2n) is 4.27. The van der Waals surface area contributed by atoms with E-state index < -0.39 is 0 Å². The topological polar surface area (TPSA) is 28.2 Å². The van der Waals surface area contributed by atoms with Crippen LogP contribution in [0.5, 0.6) is 0 Å². The van der Waals surface area contributed by atoms with Crippen molar-refractivity contribution in [2.45, 2.75) is 0 Å². The maximum atomic E-state index is 4.39. The van der Waals surface area contributed by atoms with Gasteiger partial charge < -0.3 is 10.2 Å². The van der Waals surface area contributed by atoms with Gasteiger partial charge in [0.1, 0.15) is 5.82 Å². The summed E-state index contributed by atoms with van der Waals surface area (Å²) in [6.45, 7) is 4.73. The monoisotopic (exact) mass is 189 g/mol. The van der Waals surface area contributed by atoms with Crippen molar-refractivity contribution in [3.05, 3.63) is 24.4 Å². The highest BCUT2D eigenvalue weighted by molar-refractivity contribution is 5.39. The molecule has 0 aliphatic carbocycles. The van der Waals surface area contributed by atoms with E-state index in [0.717, 1.165) is 17.7 Å². The number of anilines is 1. The van der Waals surface area contributed by atoms with E-state index in [2.05, 4.69) is 27.3 Å². The first-order valence-corrected chi connectivity index (χ1v) is 5.30. The standard InChI is InChI=1S/C11H15N3/c1-2-4-13-11(3-1)14-7-9-5-12-6-10(9)8-14/h1-4,9-10,12H,5-8H2/t9-,10?/m0/s1. The van der Waals surface area contributed by atoms with Gasteiger partial charge in [0.15, 0.2) is 0 Å². The van der Waals surface area contributed by atoms with Gasteiger partial charge in [-0.1, -0.05) is 6.07 Å². The fourth-order valence-electron chi connectivity index (χ4n) is 2.58. The summed E-state index contributed by atoms with van der Waals surface area (Å²) in [7, 11) is 0. The largest absolute Gasteiger partial charge is 0.356 e. The van der Waals surface area contributed by atoms with Gasteiger partial charge in [0.05, 0.1) is 0 Å². The molecule has 0 bridgehead atoms. The molecule has 2 saturated heterocycles.